The van der Waals surface area contributed by atoms with Gasteiger partial charge >= 0.3 is 0 Å². The quantitative estimate of drug-likeness (QED) is 0.372. The van der Waals surface area contributed by atoms with E-state index in [1.165, 1.54) is 17.1 Å². The van der Waals surface area contributed by atoms with Crippen molar-refractivity contribution in [3.05, 3.63) is 34.0 Å². The van der Waals surface area contributed by atoms with Crippen LogP contribution >= 0.6 is 39.0 Å². The van der Waals surface area contributed by atoms with Gasteiger partial charge in [-0.15, -0.1) is 5.10 Å². The molecule has 0 bridgehead atoms. The van der Waals surface area contributed by atoms with Gasteiger partial charge < -0.3 is 25.2 Å². The molecule has 14 heteroatoms. The molecule has 1 fully saturated rings. The van der Waals surface area contributed by atoms with Gasteiger partial charge in [-0.3, -0.25) is 0 Å². The molecule has 3 aromatic heterocycles. The molecule has 3 aromatic rings. The van der Waals surface area contributed by atoms with Crippen molar-refractivity contribution in [2.45, 2.75) is 34.7 Å². The summed E-state index contributed by atoms with van der Waals surface area (Å²) in [6.07, 6.45) is -0.499. The normalized spacial score (nSPS) is 26.0. The molecule has 0 unspecified atom stereocenters. The molecule has 11 nitrogen and oxygen atoms in total. The molecular weight excluding hydrogens is 512 g/mol. The Labute approximate surface area is 192 Å². The number of aliphatic hydroxyl groups excluding tert-OH is 3. The third kappa shape index (κ3) is 4.44. The summed E-state index contributed by atoms with van der Waals surface area (Å²) >= 11 is 5.44. The number of thiazole rings is 1. The van der Waals surface area contributed by atoms with Crippen molar-refractivity contribution in [1.29, 1.82) is 5.26 Å². The van der Waals surface area contributed by atoms with Gasteiger partial charge in [-0.1, -0.05) is 28.3 Å². The van der Waals surface area contributed by atoms with Crippen LogP contribution in [-0.4, -0.2) is 75.7 Å². The van der Waals surface area contributed by atoms with Crippen molar-refractivity contribution < 1.29 is 25.2 Å². The zero-order chi connectivity index (χ0) is 22.1. The van der Waals surface area contributed by atoms with E-state index >= 15 is 0 Å². The number of ether oxygens (including phenoxy) is 1. The summed E-state index contributed by atoms with van der Waals surface area (Å²) in [6.45, 7) is -0.474. The Morgan fingerprint density at radius 3 is 2.77 bits per heavy atom. The smallest absolute Gasteiger partial charge is 0.271 e. The highest BCUT2D eigenvalue weighted by atomic mass is 79.9. The number of aromatic hydroxyl groups is 1. The van der Waals surface area contributed by atoms with Crippen LogP contribution in [0.15, 0.2) is 33.2 Å². The highest BCUT2D eigenvalue weighted by molar-refractivity contribution is 9.10. The van der Waals surface area contributed by atoms with Crippen LogP contribution in [0.4, 0.5) is 0 Å². The van der Waals surface area contributed by atoms with Crippen LogP contribution in [0.2, 0.25) is 0 Å². The number of aromatic nitrogens is 5. The first kappa shape index (κ1) is 22.1. The van der Waals surface area contributed by atoms with E-state index in [4.69, 9.17) is 10.00 Å². The summed E-state index contributed by atoms with van der Waals surface area (Å²) in [5.74, 6) is 0. The Kier molecular flexibility index (Phi) is 6.53. The molecule has 1 saturated heterocycles. The van der Waals surface area contributed by atoms with Crippen LogP contribution in [0.3, 0.4) is 0 Å². The maximum absolute atomic E-state index is 11.0. The van der Waals surface area contributed by atoms with Crippen LogP contribution in [0.5, 0.6) is 5.19 Å². The Morgan fingerprint density at radius 1 is 1.32 bits per heavy atom. The number of aliphatic hydroxyl groups is 3. The summed E-state index contributed by atoms with van der Waals surface area (Å²) in [5, 5.41) is 59.3. The number of halogens is 1. The van der Waals surface area contributed by atoms with Crippen molar-refractivity contribution in [2.24, 2.45) is 0 Å². The van der Waals surface area contributed by atoms with Crippen molar-refractivity contribution >= 4 is 39.0 Å². The number of hydrogen-bond acceptors (Lipinski definition) is 12. The average molecular weight is 527 g/mol. The molecular formula is C17H15BrN6O5S2. The molecule has 0 amide bonds. The molecule has 0 aromatic carbocycles. The monoisotopic (exact) mass is 526 g/mol. The third-order valence-electron chi connectivity index (χ3n) is 4.59. The maximum atomic E-state index is 11.0. The van der Waals surface area contributed by atoms with Gasteiger partial charge in [0, 0.05) is 16.5 Å². The molecule has 1 aliphatic rings. The van der Waals surface area contributed by atoms with Crippen LogP contribution in [0.25, 0.3) is 11.4 Å². The number of nitrogens with zero attached hydrogens (tertiary/aromatic N) is 6. The summed E-state index contributed by atoms with van der Waals surface area (Å²) in [4.78, 5) is 8.58. The highest BCUT2D eigenvalue weighted by Gasteiger charge is 2.46. The zero-order valence-electron chi connectivity index (χ0n) is 15.5. The predicted molar refractivity (Wildman–Crippen MR) is 112 cm³/mol. The third-order valence-corrected chi connectivity index (χ3v) is 6.96. The second-order valence-electron chi connectivity index (χ2n) is 6.53. The highest BCUT2D eigenvalue weighted by Crippen LogP contribution is 2.38. The van der Waals surface area contributed by atoms with Crippen LogP contribution in [0.1, 0.15) is 11.7 Å². The van der Waals surface area contributed by atoms with Gasteiger partial charge in [-0.25, -0.2) is 14.6 Å². The first-order valence-corrected chi connectivity index (χ1v) is 11.4. The molecule has 31 heavy (non-hydrogen) atoms. The second kappa shape index (κ2) is 9.17. The largest absolute Gasteiger partial charge is 0.486 e. The van der Waals surface area contributed by atoms with E-state index in [9.17, 15) is 20.4 Å². The first-order chi connectivity index (χ1) is 14.9. The molecule has 4 N–H and O–H groups in total. The lowest BCUT2D eigenvalue weighted by molar-refractivity contribution is -0.178. The summed E-state index contributed by atoms with van der Waals surface area (Å²) in [5.41, 5.74) is 0.109. The van der Waals surface area contributed by atoms with Gasteiger partial charge in [0.05, 0.1) is 17.3 Å². The lowest BCUT2D eigenvalue weighted by Crippen LogP contribution is -2.55. The minimum Gasteiger partial charge on any atom is -0.486 e. The molecule has 4 rings (SSSR count). The standard InChI is InChI=1S/C17H15BrN6O5S2/c18-8-1-7(3-20-9(8)2-19)31-16-15(27)13(14(26)12(5-25)29-16)24-4-10(22-23-24)11-6-30-17(28)21-11/h1,3-4,6,12-16,25-27H,5H2,(H,21,28)/t12-,13+,14+,15-,16-/m1/s1. The van der Waals surface area contributed by atoms with Gasteiger partial charge in [0.2, 0.25) is 0 Å². The minimum absolute atomic E-state index is 0.116. The van der Waals surface area contributed by atoms with E-state index in [1.54, 1.807) is 11.4 Å². The lowest BCUT2D eigenvalue weighted by Gasteiger charge is -2.41. The number of pyridine rings is 1. The summed E-state index contributed by atoms with van der Waals surface area (Å²) < 4.78 is 7.50. The molecule has 0 saturated carbocycles. The Morgan fingerprint density at radius 2 is 2.13 bits per heavy atom. The van der Waals surface area contributed by atoms with Crippen LogP contribution in [-0.2, 0) is 4.74 Å². The Hall–Kier alpha value is -2.12. The predicted octanol–water partition coefficient (Wildman–Crippen LogP) is 0.909. The Bertz CT molecular complexity index is 1120. The van der Waals surface area contributed by atoms with Gasteiger partial charge in [0.1, 0.15) is 47.2 Å². The molecule has 5 atom stereocenters. The molecule has 0 spiro atoms. The van der Waals surface area contributed by atoms with Crippen molar-refractivity contribution in [3.8, 4) is 22.7 Å². The fourth-order valence-electron chi connectivity index (χ4n) is 3.10. The van der Waals surface area contributed by atoms with Crippen molar-refractivity contribution in [1.82, 2.24) is 25.0 Å². The molecule has 0 radical (unpaired) electrons. The summed E-state index contributed by atoms with van der Waals surface area (Å²) in [7, 11) is 0. The van der Waals surface area contributed by atoms with E-state index in [1.807, 2.05) is 6.07 Å². The number of rotatable bonds is 5. The maximum Gasteiger partial charge on any atom is 0.271 e. The van der Waals surface area contributed by atoms with E-state index < -0.39 is 36.4 Å². The van der Waals surface area contributed by atoms with Crippen molar-refractivity contribution in [2.75, 3.05) is 6.61 Å². The van der Waals surface area contributed by atoms with Crippen LogP contribution < -0.4 is 0 Å². The van der Waals surface area contributed by atoms with Crippen molar-refractivity contribution in [3.63, 3.8) is 0 Å². The van der Waals surface area contributed by atoms with Crippen LogP contribution in [0, 0.1) is 11.3 Å². The molecule has 4 heterocycles. The fourth-order valence-corrected chi connectivity index (χ4v) is 5.30. The second-order valence-corrected chi connectivity index (χ2v) is 9.39. The van der Waals surface area contributed by atoms with Gasteiger partial charge in [-0.05, 0) is 22.0 Å². The van der Waals surface area contributed by atoms with E-state index in [0.29, 0.717) is 20.8 Å². The SMILES string of the molecule is N#Cc1ncc(S[C@H]2O[C@H](CO)[C@H](O)[C@H](n3cc(-c4csc(O)n4)nn3)[C@H]2O)cc1Br. The molecule has 1 aliphatic heterocycles. The van der Waals surface area contributed by atoms with Gasteiger partial charge in [0.15, 0.2) is 5.69 Å². The number of thioether (sulfide) groups is 1. The Balaban J connectivity index is 1.60. The molecule has 0 aliphatic carbocycles. The van der Waals surface area contributed by atoms with Gasteiger partial charge in [-0.2, -0.15) is 5.26 Å². The lowest BCUT2D eigenvalue weighted by atomic mass is 9.97. The first-order valence-electron chi connectivity index (χ1n) is 8.82. The average Bonchev–Trinajstić information content (AvgIpc) is 3.39. The topological polar surface area (TPSA) is 170 Å². The van der Waals surface area contributed by atoms with E-state index in [-0.39, 0.29) is 10.9 Å². The van der Waals surface area contributed by atoms with E-state index in [2.05, 4.69) is 36.2 Å². The fraction of sp³-hybridized carbons (Fsp3) is 0.353. The number of nitriles is 1. The summed E-state index contributed by atoms with van der Waals surface area (Å²) in [6, 6.07) is 2.65. The zero-order valence-corrected chi connectivity index (χ0v) is 18.7. The number of hydrogen-bond donors (Lipinski definition) is 4. The van der Waals surface area contributed by atoms with Gasteiger partial charge in [0.25, 0.3) is 5.19 Å². The molecule has 162 valence electrons. The van der Waals surface area contributed by atoms with E-state index in [0.717, 1.165) is 23.1 Å². The minimum atomic E-state index is -1.26.